The topological polar surface area (TPSA) is 23.8 Å². The van der Waals surface area contributed by atoms with Gasteiger partial charge in [0.25, 0.3) is 0 Å². The minimum atomic E-state index is 0.291. The third-order valence-corrected chi connectivity index (χ3v) is 1.98. The summed E-state index contributed by atoms with van der Waals surface area (Å²) in [5.74, 6) is 0.291. The lowest BCUT2D eigenvalue weighted by atomic mass is 10.00. The summed E-state index contributed by atoms with van der Waals surface area (Å²) in [6.45, 7) is 5.86. The van der Waals surface area contributed by atoms with Gasteiger partial charge in [0.2, 0.25) is 0 Å². The van der Waals surface area contributed by atoms with Crippen LogP contribution in [0, 0.1) is 24.2 Å². The van der Waals surface area contributed by atoms with Crippen LogP contribution in [0.4, 0.5) is 0 Å². The molecule has 0 saturated carbocycles. The molecule has 0 aromatic heterocycles. The average molecular weight is 152 g/mol. The molecule has 11 heavy (non-hydrogen) atoms. The summed E-state index contributed by atoms with van der Waals surface area (Å²) in [4.78, 5) is 0. The van der Waals surface area contributed by atoms with Gasteiger partial charge in [-0.3, -0.25) is 0 Å². The number of hydrogen-bond donors (Lipinski definition) is 0. The fourth-order valence-electron chi connectivity index (χ4n) is 1.10. The van der Waals surface area contributed by atoms with E-state index in [2.05, 4.69) is 19.9 Å². The van der Waals surface area contributed by atoms with Gasteiger partial charge in [0.1, 0.15) is 0 Å². The highest BCUT2D eigenvalue weighted by molar-refractivity contribution is 4.80. The molecule has 0 N–H and O–H groups in total. The van der Waals surface area contributed by atoms with Crippen molar-refractivity contribution < 1.29 is 0 Å². The fourth-order valence-corrected chi connectivity index (χ4v) is 1.10. The van der Waals surface area contributed by atoms with Crippen LogP contribution in [0.5, 0.6) is 0 Å². The number of unbranched alkanes of at least 4 members (excludes halogenated alkanes) is 3. The van der Waals surface area contributed by atoms with Crippen LogP contribution in [-0.2, 0) is 0 Å². The molecule has 0 amide bonds. The van der Waals surface area contributed by atoms with Gasteiger partial charge in [0.15, 0.2) is 0 Å². The quantitative estimate of drug-likeness (QED) is 0.535. The molecule has 0 aliphatic rings. The first-order valence-electron chi connectivity index (χ1n) is 4.54. The minimum Gasteiger partial charge on any atom is -0.198 e. The highest BCUT2D eigenvalue weighted by Gasteiger charge is 2.02. The predicted molar refractivity (Wildman–Crippen MR) is 47.8 cm³/mol. The van der Waals surface area contributed by atoms with Crippen molar-refractivity contribution in [3.63, 3.8) is 0 Å². The summed E-state index contributed by atoms with van der Waals surface area (Å²) < 4.78 is 0. The van der Waals surface area contributed by atoms with Gasteiger partial charge in [0.05, 0.1) is 6.07 Å². The Morgan fingerprint density at radius 2 is 2.09 bits per heavy atom. The van der Waals surface area contributed by atoms with Crippen LogP contribution >= 0.6 is 0 Å². The molecule has 0 aromatic carbocycles. The maximum Gasteiger partial charge on any atom is 0.0655 e. The summed E-state index contributed by atoms with van der Waals surface area (Å²) >= 11 is 0. The molecule has 0 aliphatic heterocycles. The van der Waals surface area contributed by atoms with E-state index in [9.17, 15) is 0 Å². The van der Waals surface area contributed by atoms with Gasteiger partial charge in [-0.1, -0.05) is 39.5 Å². The fraction of sp³-hybridized carbons (Fsp3) is 0.800. The van der Waals surface area contributed by atoms with Crippen molar-refractivity contribution in [2.45, 2.75) is 45.4 Å². The van der Waals surface area contributed by atoms with E-state index in [-0.39, 0.29) is 0 Å². The number of rotatable bonds is 6. The molecule has 1 atom stereocenters. The van der Waals surface area contributed by atoms with E-state index in [0.717, 1.165) is 19.3 Å². The van der Waals surface area contributed by atoms with Gasteiger partial charge >= 0.3 is 0 Å². The van der Waals surface area contributed by atoms with E-state index < -0.39 is 0 Å². The highest BCUT2D eigenvalue weighted by Crippen LogP contribution is 2.12. The van der Waals surface area contributed by atoms with Crippen LogP contribution in [0.25, 0.3) is 0 Å². The number of nitrogens with zero attached hydrogens (tertiary/aromatic N) is 1. The maximum absolute atomic E-state index is 8.62. The van der Waals surface area contributed by atoms with E-state index in [1.165, 1.54) is 19.3 Å². The smallest absolute Gasteiger partial charge is 0.0655 e. The Morgan fingerprint density at radius 3 is 2.55 bits per heavy atom. The summed E-state index contributed by atoms with van der Waals surface area (Å²) in [5, 5.41) is 8.62. The Morgan fingerprint density at radius 1 is 1.36 bits per heavy atom. The zero-order valence-electron chi connectivity index (χ0n) is 7.47. The molecule has 0 aromatic rings. The van der Waals surface area contributed by atoms with Crippen LogP contribution < -0.4 is 0 Å². The summed E-state index contributed by atoms with van der Waals surface area (Å²) in [6, 6.07) is 2.31. The van der Waals surface area contributed by atoms with Crippen molar-refractivity contribution in [1.29, 1.82) is 5.26 Å². The molecule has 0 saturated heterocycles. The van der Waals surface area contributed by atoms with Gasteiger partial charge in [-0.25, -0.2) is 0 Å². The first-order valence-corrected chi connectivity index (χ1v) is 4.54. The van der Waals surface area contributed by atoms with Crippen molar-refractivity contribution in [3.05, 3.63) is 6.92 Å². The SMILES string of the molecule is [CH2]CCCCCC(C#N)CC. The molecule has 1 heteroatoms. The number of nitriles is 1. The van der Waals surface area contributed by atoms with E-state index in [0.29, 0.717) is 5.92 Å². The molecule has 1 radical (unpaired) electrons. The molecule has 63 valence electrons. The Hall–Kier alpha value is -0.510. The molecule has 0 bridgehead atoms. The monoisotopic (exact) mass is 152 g/mol. The van der Waals surface area contributed by atoms with Crippen LogP contribution in [0.3, 0.4) is 0 Å². The van der Waals surface area contributed by atoms with Crippen molar-refractivity contribution >= 4 is 0 Å². The summed E-state index contributed by atoms with van der Waals surface area (Å²) in [7, 11) is 0. The van der Waals surface area contributed by atoms with Crippen LogP contribution in [-0.4, -0.2) is 0 Å². The molecule has 1 unspecified atom stereocenters. The highest BCUT2D eigenvalue weighted by atomic mass is 14.3. The largest absolute Gasteiger partial charge is 0.198 e. The second-order valence-electron chi connectivity index (χ2n) is 2.94. The lowest BCUT2D eigenvalue weighted by Crippen LogP contribution is -1.93. The predicted octanol–water partition coefficient (Wildman–Crippen LogP) is 3.32. The van der Waals surface area contributed by atoms with E-state index in [1.807, 2.05) is 0 Å². The third kappa shape index (κ3) is 5.91. The van der Waals surface area contributed by atoms with Crippen LogP contribution in [0.15, 0.2) is 0 Å². The minimum absolute atomic E-state index is 0.291. The molecular formula is C10H18N. The standard InChI is InChI=1S/C10H18N/c1-3-5-6-7-8-10(4-2)9-11/h10H,1,3-8H2,2H3. The number of hydrogen-bond acceptors (Lipinski definition) is 1. The molecular weight excluding hydrogens is 134 g/mol. The Labute approximate surface area is 70.4 Å². The Balaban J connectivity index is 3.16. The zero-order valence-corrected chi connectivity index (χ0v) is 7.47. The first kappa shape index (κ1) is 10.5. The second-order valence-corrected chi connectivity index (χ2v) is 2.94. The average Bonchev–Trinajstić information content (AvgIpc) is 2.05. The van der Waals surface area contributed by atoms with E-state index in [1.54, 1.807) is 0 Å². The van der Waals surface area contributed by atoms with Gasteiger partial charge in [-0.2, -0.15) is 5.26 Å². The van der Waals surface area contributed by atoms with Crippen molar-refractivity contribution in [3.8, 4) is 6.07 Å². The maximum atomic E-state index is 8.62. The van der Waals surface area contributed by atoms with Crippen LogP contribution in [0.2, 0.25) is 0 Å². The third-order valence-electron chi connectivity index (χ3n) is 1.98. The molecule has 0 aliphatic carbocycles. The van der Waals surface area contributed by atoms with Gasteiger partial charge in [-0.05, 0) is 12.8 Å². The normalized spacial score (nSPS) is 12.5. The Bertz CT molecular complexity index is 113. The van der Waals surface area contributed by atoms with Crippen LogP contribution in [0.1, 0.15) is 45.4 Å². The lowest BCUT2D eigenvalue weighted by Gasteiger charge is -2.03. The van der Waals surface area contributed by atoms with Gasteiger partial charge in [0, 0.05) is 5.92 Å². The summed E-state index contributed by atoms with van der Waals surface area (Å²) in [6.07, 6.45) is 6.75. The second kappa shape index (κ2) is 7.60. The Kier molecular flexibility index (Phi) is 7.24. The van der Waals surface area contributed by atoms with Crippen molar-refractivity contribution in [2.75, 3.05) is 0 Å². The molecule has 0 fully saturated rings. The molecule has 0 spiro atoms. The molecule has 1 nitrogen and oxygen atoms in total. The molecule has 0 heterocycles. The van der Waals surface area contributed by atoms with E-state index in [4.69, 9.17) is 5.26 Å². The molecule has 0 rings (SSSR count). The van der Waals surface area contributed by atoms with Crippen molar-refractivity contribution in [1.82, 2.24) is 0 Å². The van der Waals surface area contributed by atoms with Crippen molar-refractivity contribution in [2.24, 2.45) is 5.92 Å². The van der Waals surface area contributed by atoms with Gasteiger partial charge < -0.3 is 0 Å². The van der Waals surface area contributed by atoms with E-state index >= 15 is 0 Å². The first-order chi connectivity index (χ1) is 5.35. The lowest BCUT2D eigenvalue weighted by molar-refractivity contribution is 0.530. The van der Waals surface area contributed by atoms with Gasteiger partial charge in [-0.15, -0.1) is 0 Å². The zero-order chi connectivity index (χ0) is 8.53. The summed E-state index contributed by atoms with van der Waals surface area (Å²) in [5.41, 5.74) is 0.